The smallest absolute Gasteiger partial charge is 0.237 e. The Balaban J connectivity index is 1.58. The Bertz CT molecular complexity index is 1090. The van der Waals surface area contributed by atoms with Crippen LogP contribution in [0.25, 0.3) is 10.9 Å². The van der Waals surface area contributed by atoms with Crippen LogP contribution in [0.3, 0.4) is 0 Å². The molecule has 0 saturated carbocycles. The zero-order chi connectivity index (χ0) is 19.0. The fourth-order valence-corrected chi connectivity index (χ4v) is 4.44. The monoisotopic (exact) mass is 373 g/mol. The van der Waals surface area contributed by atoms with Crippen LogP contribution in [0.2, 0.25) is 0 Å². The van der Waals surface area contributed by atoms with E-state index in [1.165, 1.54) is 17.3 Å². The van der Waals surface area contributed by atoms with E-state index in [1.54, 1.807) is 0 Å². The van der Waals surface area contributed by atoms with Gasteiger partial charge in [0.05, 0.1) is 16.8 Å². The SMILES string of the molecule is Cc1ccc2nc(SCC(=O)N3c4ccccc4C[C@@H]3C)c(C#N)cc2c1. The van der Waals surface area contributed by atoms with E-state index in [0.29, 0.717) is 10.6 Å². The quantitative estimate of drug-likeness (QED) is 0.635. The predicted molar refractivity (Wildman–Crippen MR) is 109 cm³/mol. The first-order valence-electron chi connectivity index (χ1n) is 8.91. The number of nitrogens with zero attached hydrogens (tertiary/aromatic N) is 3. The number of carbonyl (C=O) groups is 1. The molecule has 27 heavy (non-hydrogen) atoms. The van der Waals surface area contributed by atoms with Crippen molar-refractivity contribution in [1.82, 2.24) is 4.98 Å². The van der Waals surface area contributed by atoms with Gasteiger partial charge < -0.3 is 4.90 Å². The van der Waals surface area contributed by atoms with Crippen molar-refractivity contribution in [3.05, 3.63) is 65.2 Å². The number of carbonyl (C=O) groups excluding carboxylic acids is 1. The summed E-state index contributed by atoms with van der Waals surface area (Å²) in [7, 11) is 0. The molecule has 2 heterocycles. The average molecular weight is 373 g/mol. The van der Waals surface area contributed by atoms with Crippen molar-refractivity contribution in [3.63, 3.8) is 0 Å². The Morgan fingerprint density at radius 1 is 1.30 bits per heavy atom. The number of benzene rings is 2. The van der Waals surface area contributed by atoms with Crippen molar-refractivity contribution in [2.45, 2.75) is 31.3 Å². The Kier molecular flexibility index (Phi) is 4.59. The van der Waals surface area contributed by atoms with Gasteiger partial charge in [-0.3, -0.25) is 4.79 Å². The summed E-state index contributed by atoms with van der Waals surface area (Å²) < 4.78 is 0. The number of aryl methyl sites for hydroxylation is 1. The zero-order valence-electron chi connectivity index (χ0n) is 15.3. The fourth-order valence-electron chi connectivity index (χ4n) is 3.61. The Morgan fingerprint density at radius 3 is 2.93 bits per heavy atom. The summed E-state index contributed by atoms with van der Waals surface area (Å²) in [5.41, 5.74) is 4.69. The van der Waals surface area contributed by atoms with Gasteiger partial charge in [0.25, 0.3) is 0 Å². The molecular formula is C22H19N3OS. The molecule has 1 aromatic heterocycles. The van der Waals surface area contributed by atoms with Crippen molar-refractivity contribution in [2.75, 3.05) is 10.7 Å². The molecule has 1 aliphatic heterocycles. The van der Waals surface area contributed by atoms with Crippen LogP contribution in [0, 0.1) is 18.3 Å². The maximum atomic E-state index is 12.9. The molecule has 0 saturated heterocycles. The normalized spacial score (nSPS) is 15.6. The second-order valence-corrected chi connectivity index (χ2v) is 7.85. The first kappa shape index (κ1) is 17.6. The highest BCUT2D eigenvalue weighted by Gasteiger charge is 2.30. The van der Waals surface area contributed by atoms with Crippen LogP contribution in [0.5, 0.6) is 0 Å². The van der Waals surface area contributed by atoms with E-state index in [2.05, 4.69) is 24.0 Å². The minimum absolute atomic E-state index is 0.0483. The highest BCUT2D eigenvalue weighted by molar-refractivity contribution is 8.00. The number of fused-ring (bicyclic) bond motifs is 2. The highest BCUT2D eigenvalue weighted by atomic mass is 32.2. The molecule has 5 heteroatoms. The van der Waals surface area contributed by atoms with Gasteiger partial charge in [0.1, 0.15) is 11.1 Å². The van der Waals surface area contributed by atoms with E-state index in [1.807, 2.05) is 54.3 Å². The lowest BCUT2D eigenvalue weighted by Crippen LogP contribution is -2.37. The summed E-state index contributed by atoms with van der Waals surface area (Å²) in [5.74, 6) is 0.310. The van der Waals surface area contributed by atoms with Crippen molar-refractivity contribution in [2.24, 2.45) is 0 Å². The third kappa shape index (κ3) is 3.29. The highest BCUT2D eigenvalue weighted by Crippen LogP contribution is 2.33. The molecule has 0 bridgehead atoms. The van der Waals surface area contributed by atoms with Crippen LogP contribution < -0.4 is 4.90 Å². The number of para-hydroxylation sites is 1. The number of amides is 1. The lowest BCUT2D eigenvalue weighted by molar-refractivity contribution is -0.116. The van der Waals surface area contributed by atoms with Gasteiger partial charge in [0.2, 0.25) is 5.91 Å². The maximum Gasteiger partial charge on any atom is 0.237 e. The van der Waals surface area contributed by atoms with Gasteiger partial charge in [-0.05, 0) is 50.1 Å². The van der Waals surface area contributed by atoms with Crippen LogP contribution in [0.4, 0.5) is 5.69 Å². The van der Waals surface area contributed by atoms with Crippen LogP contribution in [0.1, 0.15) is 23.6 Å². The molecule has 0 unspecified atom stereocenters. The predicted octanol–water partition coefficient (Wildman–Crippen LogP) is 4.48. The molecule has 0 radical (unpaired) electrons. The van der Waals surface area contributed by atoms with Crippen LogP contribution in [0.15, 0.2) is 53.6 Å². The first-order chi connectivity index (χ1) is 13.1. The minimum Gasteiger partial charge on any atom is -0.308 e. The van der Waals surface area contributed by atoms with Gasteiger partial charge in [-0.1, -0.05) is 41.6 Å². The topological polar surface area (TPSA) is 57.0 Å². The molecule has 0 N–H and O–H groups in total. The second kappa shape index (κ2) is 7.05. The van der Waals surface area contributed by atoms with E-state index in [0.717, 1.165) is 28.6 Å². The molecule has 2 aromatic carbocycles. The summed E-state index contributed by atoms with van der Waals surface area (Å²) in [6.45, 7) is 4.09. The summed E-state index contributed by atoms with van der Waals surface area (Å²) in [5, 5.41) is 11.1. The van der Waals surface area contributed by atoms with Crippen molar-refractivity contribution < 1.29 is 4.79 Å². The molecule has 1 aliphatic rings. The van der Waals surface area contributed by atoms with Crippen molar-refractivity contribution in [3.8, 4) is 6.07 Å². The Morgan fingerprint density at radius 2 is 2.11 bits per heavy atom. The number of aromatic nitrogens is 1. The fraction of sp³-hybridized carbons (Fsp3) is 0.227. The van der Waals surface area contributed by atoms with E-state index >= 15 is 0 Å². The van der Waals surface area contributed by atoms with Gasteiger partial charge in [0, 0.05) is 17.1 Å². The second-order valence-electron chi connectivity index (χ2n) is 6.88. The number of hydrogen-bond donors (Lipinski definition) is 0. The molecular weight excluding hydrogens is 354 g/mol. The van der Waals surface area contributed by atoms with Crippen LogP contribution in [-0.4, -0.2) is 22.7 Å². The summed E-state index contributed by atoms with van der Waals surface area (Å²) in [4.78, 5) is 19.4. The molecule has 0 spiro atoms. The lowest BCUT2D eigenvalue weighted by atomic mass is 10.1. The number of anilines is 1. The van der Waals surface area contributed by atoms with Crippen molar-refractivity contribution >= 4 is 34.3 Å². The third-order valence-corrected chi connectivity index (χ3v) is 5.84. The Hall–Kier alpha value is -2.84. The van der Waals surface area contributed by atoms with E-state index in [9.17, 15) is 10.1 Å². The molecule has 4 nitrogen and oxygen atoms in total. The van der Waals surface area contributed by atoms with Gasteiger partial charge in [-0.2, -0.15) is 5.26 Å². The lowest BCUT2D eigenvalue weighted by Gasteiger charge is -2.22. The summed E-state index contributed by atoms with van der Waals surface area (Å²) >= 11 is 1.34. The van der Waals surface area contributed by atoms with Crippen LogP contribution >= 0.6 is 11.8 Å². The van der Waals surface area contributed by atoms with Crippen molar-refractivity contribution in [1.29, 1.82) is 5.26 Å². The van der Waals surface area contributed by atoms with Gasteiger partial charge >= 0.3 is 0 Å². The van der Waals surface area contributed by atoms with E-state index in [-0.39, 0.29) is 17.7 Å². The molecule has 1 amide bonds. The molecule has 1 atom stereocenters. The van der Waals surface area contributed by atoms with E-state index in [4.69, 9.17) is 0 Å². The van der Waals surface area contributed by atoms with Gasteiger partial charge in [-0.25, -0.2) is 4.98 Å². The third-order valence-electron chi connectivity index (χ3n) is 4.86. The van der Waals surface area contributed by atoms with Crippen LogP contribution in [-0.2, 0) is 11.2 Å². The summed E-state index contributed by atoms with van der Waals surface area (Å²) in [6, 6.07) is 18.2. The average Bonchev–Trinajstić information content (AvgIpc) is 3.01. The minimum atomic E-state index is 0.0483. The number of hydrogen-bond acceptors (Lipinski definition) is 4. The Labute approximate surface area is 162 Å². The maximum absolute atomic E-state index is 12.9. The molecule has 0 aliphatic carbocycles. The largest absolute Gasteiger partial charge is 0.308 e. The number of thioether (sulfide) groups is 1. The van der Waals surface area contributed by atoms with E-state index < -0.39 is 0 Å². The van der Waals surface area contributed by atoms with Gasteiger partial charge in [0.15, 0.2) is 0 Å². The first-order valence-corrected chi connectivity index (χ1v) is 9.89. The number of rotatable bonds is 3. The van der Waals surface area contributed by atoms with Gasteiger partial charge in [-0.15, -0.1) is 0 Å². The number of nitriles is 1. The molecule has 0 fully saturated rings. The zero-order valence-corrected chi connectivity index (χ0v) is 16.1. The summed E-state index contributed by atoms with van der Waals surface area (Å²) in [6.07, 6.45) is 0.879. The molecule has 4 rings (SSSR count). The number of pyridine rings is 1. The standard InChI is InChI=1S/C22H19N3OS/c1-14-7-8-19-17(9-14)11-18(12-23)22(24-19)27-13-21(26)25-15(2)10-16-5-3-4-6-20(16)25/h3-9,11,15H,10,13H2,1-2H3/t15-/m0/s1. The molecule has 134 valence electrons. The molecule has 3 aromatic rings.